The van der Waals surface area contributed by atoms with E-state index in [0.29, 0.717) is 9.79 Å². The van der Waals surface area contributed by atoms with Crippen LogP contribution in [0.5, 0.6) is 0 Å². The van der Waals surface area contributed by atoms with E-state index in [2.05, 4.69) is 11.8 Å². The topological polar surface area (TPSA) is 34.1 Å². The summed E-state index contributed by atoms with van der Waals surface area (Å²) in [5.74, 6) is 5.36. The van der Waals surface area contributed by atoms with Gasteiger partial charge in [-0.05, 0) is 38.1 Å². The van der Waals surface area contributed by atoms with Gasteiger partial charge in [0.2, 0.25) is 9.84 Å². The van der Waals surface area contributed by atoms with Crippen molar-refractivity contribution in [3.05, 3.63) is 60.7 Å². The molecule has 2 nitrogen and oxygen atoms in total. The molecule has 0 unspecified atom stereocenters. The average Bonchev–Trinajstić information content (AvgIpc) is 2.66. The Kier molecular flexibility index (Phi) is 15.0. The quantitative estimate of drug-likeness (QED) is 0.671. The van der Waals surface area contributed by atoms with Crippen LogP contribution in [0, 0.1) is 11.8 Å². The highest BCUT2D eigenvalue weighted by atomic mass is 32.2. The zero-order valence-electron chi connectivity index (χ0n) is 15.0. The molecule has 3 heteroatoms. The van der Waals surface area contributed by atoms with Crippen molar-refractivity contribution in [1.29, 1.82) is 0 Å². The first kappa shape index (κ1) is 23.2. The molecular weight excluding hydrogens is 304 g/mol. The smallest absolute Gasteiger partial charge is 0.206 e. The molecule has 0 aromatic heterocycles. The van der Waals surface area contributed by atoms with Crippen LogP contribution in [0.4, 0.5) is 0 Å². The standard InChI is InChI=1S/C12H10O2S.C4H6.2C2H6/c13-15(14,11-7-3-1-4-8-11)12-9-5-2-6-10-12;1-3-4-2;2*1-2/h1-10H;1-2H3;2*1-2H3. The van der Waals surface area contributed by atoms with Crippen molar-refractivity contribution >= 4 is 9.84 Å². The predicted molar refractivity (Wildman–Crippen MR) is 100 cm³/mol. The maximum Gasteiger partial charge on any atom is 0.206 e. The SMILES string of the molecule is CC.CC.CC#CC.O=S(=O)(c1ccccc1)c1ccccc1. The van der Waals surface area contributed by atoms with Crippen molar-refractivity contribution in [2.45, 2.75) is 51.3 Å². The summed E-state index contributed by atoms with van der Waals surface area (Å²) in [5, 5.41) is 0. The molecule has 0 atom stereocenters. The first-order valence-electron chi connectivity index (χ1n) is 7.81. The van der Waals surface area contributed by atoms with E-state index in [1.807, 2.05) is 41.5 Å². The Morgan fingerprint density at radius 1 is 0.609 bits per heavy atom. The zero-order chi connectivity index (χ0) is 18.1. The monoisotopic (exact) mass is 332 g/mol. The molecule has 0 aliphatic carbocycles. The van der Waals surface area contributed by atoms with E-state index >= 15 is 0 Å². The van der Waals surface area contributed by atoms with Crippen molar-refractivity contribution in [1.82, 2.24) is 0 Å². The van der Waals surface area contributed by atoms with E-state index in [4.69, 9.17) is 0 Å². The van der Waals surface area contributed by atoms with Gasteiger partial charge >= 0.3 is 0 Å². The molecule has 0 fully saturated rings. The van der Waals surface area contributed by atoms with E-state index in [1.54, 1.807) is 60.7 Å². The lowest BCUT2D eigenvalue weighted by Gasteiger charge is -2.03. The van der Waals surface area contributed by atoms with Crippen molar-refractivity contribution in [2.75, 3.05) is 0 Å². The summed E-state index contributed by atoms with van der Waals surface area (Å²) in [6.45, 7) is 11.6. The van der Waals surface area contributed by atoms with Gasteiger partial charge in [0.15, 0.2) is 0 Å². The largest absolute Gasteiger partial charge is 0.219 e. The molecular formula is C20H28O2S. The summed E-state index contributed by atoms with van der Waals surface area (Å²) in [6, 6.07) is 16.9. The molecule has 0 N–H and O–H groups in total. The van der Waals surface area contributed by atoms with Crippen LogP contribution in [0.2, 0.25) is 0 Å². The van der Waals surface area contributed by atoms with Crippen LogP contribution >= 0.6 is 0 Å². The minimum absolute atomic E-state index is 0.330. The van der Waals surface area contributed by atoms with Crippen molar-refractivity contribution in [3.63, 3.8) is 0 Å². The third kappa shape index (κ3) is 8.85. The minimum atomic E-state index is -3.34. The fraction of sp³-hybridized carbons (Fsp3) is 0.300. The van der Waals surface area contributed by atoms with Crippen LogP contribution in [-0.2, 0) is 9.84 Å². The normalized spacial score (nSPS) is 8.43. The maximum atomic E-state index is 12.0. The summed E-state index contributed by atoms with van der Waals surface area (Å²) in [7, 11) is -3.34. The predicted octanol–water partition coefficient (Wildman–Crippen LogP) is 5.60. The number of benzene rings is 2. The molecule has 126 valence electrons. The van der Waals surface area contributed by atoms with Crippen molar-refractivity contribution in [3.8, 4) is 11.8 Å². The average molecular weight is 333 g/mol. The van der Waals surface area contributed by atoms with Gasteiger partial charge in [0, 0.05) is 0 Å². The van der Waals surface area contributed by atoms with Crippen molar-refractivity contribution < 1.29 is 8.42 Å². The molecule has 2 rings (SSSR count). The number of sulfone groups is 1. The summed E-state index contributed by atoms with van der Waals surface area (Å²) >= 11 is 0. The van der Waals surface area contributed by atoms with E-state index in [1.165, 1.54) is 0 Å². The molecule has 2 aromatic carbocycles. The third-order valence-electron chi connectivity index (χ3n) is 2.36. The van der Waals surface area contributed by atoms with Gasteiger partial charge in [0.05, 0.1) is 9.79 Å². The lowest BCUT2D eigenvalue weighted by atomic mass is 10.4. The van der Waals surface area contributed by atoms with E-state index < -0.39 is 9.84 Å². The van der Waals surface area contributed by atoms with E-state index in [0.717, 1.165) is 0 Å². The number of rotatable bonds is 2. The Bertz CT molecular complexity index is 598. The van der Waals surface area contributed by atoms with Gasteiger partial charge < -0.3 is 0 Å². The molecule has 0 saturated heterocycles. The van der Waals surface area contributed by atoms with E-state index in [-0.39, 0.29) is 0 Å². The van der Waals surface area contributed by atoms with Gasteiger partial charge in [-0.25, -0.2) is 8.42 Å². The van der Waals surface area contributed by atoms with Crippen LogP contribution in [-0.4, -0.2) is 8.42 Å². The second kappa shape index (κ2) is 14.9. The molecule has 0 bridgehead atoms. The summed E-state index contributed by atoms with van der Waals surface area (Å²) in [6.07, 6.45) is 0. The lowest BCUT2D eigenvalue weighted by Crippen LogP contribution is -2.00. The van der Waals surface area contributed by atoms with Gasteiger partial charge in [-0.15, -0.1) is 11.8 Å². The highest BCUT2D eigenvalue weighted by Crippen LogP contribution is 2.19. The highest BCUT2D eigenvalue weighted by molar-refractivity contribution is 7.91. The van der Waals surface area contributed by atoms with Gasteiger partial charge in [0.25, 0.3) is 0 Å². The van der Waals surface area contributed by atoms with Crippen molar-refractivity contribution in [2.24, 2.45) is 0 Å². The van der Waals surface area contributed by atoms with Crippen LogP contribution in [0.25, 0.3) is 0 Å². The number of hydrogen-bond donors (Lipinski definition) is 0. The molecule has 0 spiro atoms. The molecule has 0 aliphatic heterocycles. The van der Waals surface area contributed by atoms with Crippen LogP contribution in [0.3, 0.4) is 0 Å². The van der Waals surface area contributed by atoms with Crippen LogP contribution in [0.15, 0.2) is 70.5 Å². The second-order valence-electron chi connectivity index (χ2n) is 3.63. The molecule has 2 aromatic rings. The molecule has 0 aliphatic rings. The Morgan fingerprint density at radius 3 is 1.09 bits per heavy atom. The van der Waals surface area contributed by atoms with Gasteiger partial charge in [-0.3, -0.25) is 0 Å². The highest BCUT2D eigenvalue weighted by Gasteiger charge is 2.15. The molecule has 0 saturated carbocycles. The van der Waals surface area contributed by atoms with Crippen LogP contribution in [0.1, 0.15) is 41.5 Å². The Balaban J connectivity index is 0. The maximum absolute atomic E-state index is 12.0. The first-order chi connectivity index (χ1) is 11.1. The fourth-order valence-corrected chi connectivity index (χ4v) is 2.64. The molecule has 0 amide bonds. The van der Waals surface area contributed by atoms with Crippen LogP contribution < -0.4 is 0 Å². The van der Waals surface area contributed by atoms with Gasteiger partial charge in [-0.2, -0.15) is 0 Å². The zero-order valence-corrected chi connectivity index (χ0v) is 15.8. The Morgan fingerprint density at radius 2 is 0.870 bits per heavy atom. The van der Waals surface area contributed by atoms with Gasteiger partial charge in [0.1, 0.15) is 0 Å². The molecule has 0 heterocycles. The Hall–Kier alpha value is -2.05. The summed E-state index contributed by atoms with van der Waals surface area (Å²) < 4.78 is 24.1. The summed E-state index contributed by atoms with van der Waals surface area (Å²) in [4.78, 5) is 0.660. The molecule has 0 radical (unpaired) electrons. The third-order valence-corrected chi connectivity index (χ3v) is 4.14. The number of hydrogen-bond acceptors (Lipinski definition) is 2. The molecule has 23 heavy (non-hydrogen) atoms. The van der Waals surface area contributed by atoms with E-state index in [9.17, 15) is 8.42 Å². The fourth-order valence-electron chi connectivity index (χ4n) is 1.34. The minimum Gasteiger partial charge on any atom is -0.219 e. The summed E-state index contributed by atoms with van der Waals surface area (Å²) in [5.41, 5.74) is 0. The van der Waals surface area contributed by atoms with Gasteiger partial charge in [-0.1, -0.05) is 64.1 Å². The Labute approximate surface area is 142 Å². The second-order valence-corrected chi connectivity index (χ2v) is 5.58. The lowest BCUT2D eigenvalue weighted by molar-refractivity contribution is 0.596. The first-order valence-corrected chi connectivity index (χ1v) is 9.30.